The van der Waals surface area contributed by atoms with E-state index in [2.05, 4.69) is 21.2 Å². The molecule has 0 N–H and O–H groups in total. The van der Waals surface area contributed by atoms with Crippen LogP contribution in [0.1, 0.15) is 5.89 Å². The van der Waals surface area contributed by atoms with Crippen molar-refractivity contribution >= 4 is 22.4 Å². The van der Waals surface area contributed by atoms with Crippen LogP contribution in [0.25, 0.3) is 21.7 Å². The van der Waals surface area contributed by atoms with Gasteiger partial charge in [0.1, 0.15) is 0 Å². The summed E-state index contributed by atoms with van der Waals surface area (Å²) in [5.41, 5.74) is 4.18. The third-order valence-electron chi connectivity index (χ3n) is 2.02. The number of rotatable bonds is 1. The second-order valence-electron chi connectivity index (χ2n) is 3.07. The third kappa shape index (κ3) is 1.91. The van der Waals surface area contributed by atoms with E-state index in [0.29, 0.717) is 5.89 Å². The number of aryl methyl sites for hydroxylation is 1. The van der Waals surface area contributed by atoms with Crippen LogP contribution in [0.4, 0.5) is 0 Å². The molecule has 3 aromatic rings. The Morgan fingerprint density at radius 2 is 2.31 bits per heavy atom. The second-order valence-corrected chi connectivity index (χ2v) is 3.91. The summed E-state index contributed by atoms with van der Waals surface area (Å²) in [5, 5.41) is 8.61. The molecule has 1 aromatic carbocycles. The Hall–Kier alpha value is -1.10. The molecule has 16 heavy (non-hydrogen) atoms. The fourth-order valence-corrected chi connectivity index (χ4v) is 1.93. The molecule has 0 saturated heterocycles. The van der Waals surface area contributed by atoms with E-state index in [9.17, 15) is 0 Å². The van der Waals surface area contributed by atoms with Gasteiger partial charge in [0.2, 0.25) is 0 Å². The van der Waals surface area contributed by atoms with E-state index in [4.69, 9.17) is 4.42 Å². The first-order chi connectivity index (χ1) is 7.33. The quantitative estimate of drug-likeness (QED) is 0.581. The van der Waals surface area contributed by atoms with Crippen molar-refractivity contribution < 1.29 is 24.5 Å². The van der Waals surface area contributed by atoms with Gasteiger partial charge in [-0.05, 0) is 0 Å². The number of benzene rings is 1. The van der Waals surface area contributed by atoms with Gasteiger partial charge in [-0.2, -0.15) is 21.5 Å². The molecule has 4 nitrogen and oxygen atoms in total. The van der Waals surface area contributed by atoms with E-state index in [1.165, 1.54) is 11.3 Å². The molecular formula is C10H6IrN3OS-. The first-order valence-corrected chi connectivity index (χ1v) is 5.26. The van der Waals surface area contributed by atoms with Crippen molar-refractivity contribution in [3.63, 3.8) is 0 Å². The summed E-state index contributed by atoms with van der Waals surface area (Å²) in [6.07, 6.45) is 0. The fraction of sp³-hybridized carbons (Fsp3) is 0.100. The van der Waals surface area contributed by atoms with Crippen LogP contribution in [0, 0.1) is 13.0 Å². The Balaban J connectivity index is 0.000000963. The Morgan fingerprint density at radius 3 is 3.06 bits per heavy atom. The minimum Gasteiger partial charge on any atom is -0.488 e. The van der Waals surface area contributed by atoms with Gasteiger partial charge >= 0.3 is 0 Å². The maximum atomic E-state index is 5.37. The maximum Gasteiger partial charge on any atom is 0.180 e. The molecule has 0 amide bonds. The van der Waals surface area contributed by atoms with Gasteiger partial charge in [-0.15, -0.1) is 23.8 Å². The fourth-order valence-electron chi connectivity index (χ4n) is 1.40. The van der Waals surface area contributed by atoms with Crippen LogP contribution in [0.2, 0.25) is 0 Å². The van der Waals surface area contributed by atoms with E-state index in [-0.39, 0.29) is 20.1 Å². The van der Waals surface area contributed by atoms with Crippen LogP contribution in [-0.2, 0) is 20.1 Å². The van der Waals surface area contributed by atoms with Gasteiger partial charge in [0, 0.05) is 32.5 Å². The molecule has 0 aliphatic heterocycles. The smallest absolute Gasteiger partial charge is 0.180 e. The molecule has 6 heteroatoms. The molecule has 1 radical (unpaired) electrons. The molecule has 0 fully saturated rings. The van der Waals surface area contributed by atoms with Crippen molar-refractivity contribution in [1.29, 1.82) is 0 Å². The van der Waals surface area contributed by atoms with Gasteiger partial charge < -0.3 is 4.42 Å². The maximum absolute atomic E-state index is 5.37. The molecule has 0 saturated carbocycles. The monoisotopic (exact) mass is 409 g/mol. The number of hydrogen-bond donors (Lipinski definition) is 0. The minimum absolute atomic E-state index is 0. The molecule has 0 aliphatic rings. The van der Waals surface area contributed by atoms with E-state index >= 15 is 0 Å². The number of hydrogen-bond acceptors (Lipinski definition) is 5. The standard InChI is InChI=1S/C10H6N3OS.Ir/c1-6-12-8-4-7(2-3-9(8)14-6)10-13-11-5-15-10;/h3-5H,1H3;/q-1;. The number of nitrogens with zero attached hydrogens (tertiary/aromatic N) is 3. The molecule has 0 spiro atoms. The Bertz CT molecular complexity index is 606. The van der Waals surface area contributed by atoms with Crippen molar-refractivity contribution in [3.8, 4) is 10.6 Å². The van der Waals surface area contributed by atoms with Gasteiger partial charge in [0.05, 0.1) is 16.1 Å². The molecule has 0 atom stereocenters. The Kier molecular flexibility index (Phi) is 3.14. The number of fused-ring (bicyclic) bond motifs is 1. The predicted octanol–water partition coefficient (Wildman–Crippen LogP) is 2.45. The molecule has 2 heterocycles. The van der Waals surface area contributed by atoms with Gasteiger partial charge in [0.25, 0.3) is 0 Å². The normalized spacial score (nSPS) is 10.3. The largest absolute Gasteiger partial charge is 0.488 e. The average Bonchev–Trinajstić information content (AvgIpc) is 2.82. The van der Waals surface area contributed by atoms with Crippen LogP contribution in [0.3, 0.4) is 0 Å². The van der Waals surface area contributed by atoms with E-state index in [1.807, 2.05) is 13.0 Å². The van der Waals surface area contributed by atoms with Crippen LogP contribution >= 0.6 is 11.3 Å². The van der Waals surface area contributed by atoms with Crippen molar-refractivity contribution in [2.24, 2.45) is 0 Å². The Morgan fingerprint density at radius 1 is 1.44 bits per heavy atom. The molecule has 0 bridgehead atoms. The van der Waals surface area contributed by atoms with Crippen LogP contribution in [-0.4, -0.2) is 15.2 Å². The zero-order chi connectivity index (χ0) is 10.3. The van der Waals surface area contributed by atoms with Crippen LogP contribution in [0.5, 0.6) is 0 Å². The van der Waals surface area contributed by atoms with Crippen LogP contribution < -0.4 is 0 Å². The van der Waals surface area contributed by atoms with E-state index < -0.39 is 0 Å². The molecule has 0 aliphatic carbocycles. The second kappa shape index (κ2) is 4.41. The summed E-state index contributed by atoms with van der Waals surface area (Å²) in [5.74, 6) is 0.660. The SMILES string of the molecule is Cc1nc2cc(-c3nncs3)[c-]cc2o1.[Ir]. The molecule has 3 rings (SSSR count). The summed E-state index contributed by atoms with van der Waals surface area (Å²) in [6, 6.07) is 6.79. The van der Waals surface area contributed by atoms with Crippen molar-refractivity contribution in [2.75, 3.05) is 0 Å². The number of aromatic nitrogens is 3. The summed E-state index contributed by atoms with van der Waals surface area (Å²) >= 11 is 1.48. The predicted molar refractivity (Wildman–Crippen MR) is 56.5 cm³/mol. The third-order valence-corrected chi connectivity index (χ3v) is 2.74. The Labute approximate surface area is 109 Å². The zero-order valence-corrected chi connectivity index (χ0v) is 11.4. The van der Waals surface area contributed by atoms with Crippen LogP contribution in [0.15, 0.2) is 22.1 Å². The van der Waals surface area contributed by atoms with Gasteiger partial charge in [-0.25, -0.2) is 4.98 Å². The first-order valence-electron chi connectivity index (χ1n) is 4.38. The van der Waals surface area contributed by atoms with Gasteiger partial charge in [0.15, 0.2) is 5.89 Å². The van der Waals surface area contributed by atoms with Crippen molar-refractivity contribution in [2.45, 2.75) is 6.92 Å². The topological polar surface area (TPSA) is 51.8 Å². The van der Waals surface area contributed by atoms with E-state index in [0.717, 1.165) is 21.7 Å². The summed E-state index contributed by atoms with van der Waals surface area (Å²) < 4.78 is 5.37. The first kappa shape index (κ1) is 11.4. The molecule has 2 aromatic heterocycles. The molecule has 0 unspecified atom stereocenters. The summed E-state index contributed by atoms with van der Waals surface area (Å²) in [4.78, 5) is 4.25. The molecule has 83 valence electrons. The zero-order valence-electron chi connectivity index (χ0n) is 8.22. The van der Waals surface area contributed by atoms with Gasteiger partial charge in [-0.1, -0.05) is 0 Å². The summed E-state index contributed by atoms with van der Waals surface area (Å²) in [7, 11) is 0. The number of oxazole rings is 1. The molecular weight excluding hydrogens is 402 g/mol. The van der Waals surface area contributed by atoms with Crippen molar-refractivity contribution in [3.05, 3.63) is 29.6 Å². The minimum atomic E-state index is 0. The summed E-state index contributed by atoms with van der Waals surface area (Å²) in [6.45, 7) is 1.82. The van der Waals surface area contributed by atoms with Gasteiger partial charge in [-0.3, -0.25) is 0 Å². The van der Waals surface area contributed by atoms with E-state index in [1.54, 1.807) is 11.6 Å². The van der Waals surface area contributed by atoms with Crippen molar-refractivity contribution in [1.82, 2.24) is 15.2 Å². The average molecular weight is 408 g/mol.